The molecule has 0 fully saturated rings. The van der Waals surface area contributed by atoms with Crippen LogP contribution in [0.5, 0.6) is 6.01 Å². The molecular formula is C12H21ClN4O2. The number of halogens is 1. The second kappa shape index (κ2) is 6.86. The van der Waals surface area contributed by atoms with Crippen LogP contribution in [0.2, 0.25) is 5.28 Å². The molecule has 0 aliphatic carbocycles. The first-order valence-electron chi connectivity index (χ1n) is 6.43. The molecule has 0 aliphatic heterocycles. The van der Waals surface area contributed by atoms with E-state index in [1.54, 1.807) is 0 Å². The summed E-state index contributed by atoms with van der Waals surface area (Å²) in [5.74, 6) is 0.302. The quantitative estimate of drug-likeness (QED) is 0.801. The van der Waals surface area contributed by atoms with Gasteiger partial charge in [0.1, 0.15) is 0 Å². The first-order valence-corrected chi connectivity index (χ1v) is 6.81. The maximum Gasteiger partial charge on any atom is 0.322 e. The van der Waals surface area contributed by atoms with Gasteiger partial charge in [-0.05, 0) is 38.3 Å². The standard InChI is InChI=1S/C12H21ClN4O2/c1-5-12(18,6-2)7-14-10-15-9(13)16-11(17-10)19-8(3)4/h8,18H,5-7H2,1-4H3,(H,14,15,16,17). The van der Waals surface area contributed by atoms with Crippen LogP contribution in [-0.2, 0) is 0 Å². The molecule has 0 atom stereocenters. The van der Waals surface area contributed by atoms with E-state index in [4.69, 9.17) is 16.3 Å². The van der Waals surface area contributed by atoms with E-state index >= 15 is 0 Å². The van der Waals surface area contributed by atoms with Crippen LogP contribution < -0.4 is 10.1 Å². The summed E-state index contributed by atoms with van der Waals surface area (Å²) >= 11 is 5.81. The molecule has 108 valence electrons. The summed E-state index contributed by atoms with van der Waals surface area (Å²) in [7, 11) is 0. The number of nitrogens with zero attached hydrogens (tertiary/aromatic N) is 3. The summed E-state index contributed by atoms with van der Waals surface area (Å²) in [4.78, 5) is 11.9. The molecule has 7 heteroatoms. The lowest BCUT2D eigenvalue weighted by Gasteiger charge is -2.25. The zero-order chi connectivity index (χ0) is 14.5. The molecular weight excluding hydrogens is 268 g/mol. The molecule has 1 rings (SSSR count). The van der Waals surface area contributed by atoms with Gasteiger partial charge in [-0.1, -0.05) is 13.8 Å². The van der Waals surface area contributed by atoms with Gasteiger partial charge in [-0.3, -0.25) is 0 Å². The Morgan fingerprint density at radius 3 is 2.42 bits per heavy atom. The lowest BCUT2D eigenvalue weighted by Crippen LogP contribution is -2.35. The number of anilines is 1. The highest BCUT2D eigenvalue weighted by molar-refractivity contribution is 6.28. The van der Waals surface area contributed by atoms with Crippen molar-refractivity contribution in [3.05, 3.63) is 5.28 Å². The van der Waals surface area contributed by atoms with Crippen molar-refractivity contribution in [1.29, 1.82) is 0 Å². The van der Waals surface area contributed by atoms with Crippen LogP contribution in [0.25, 0.3) is 0 Å². The van der Waals surface area contributed by atoms with Crippen LogP contribution in [0.4, 0.5) is 5.95 Å². The van der Waals surface area contributed by atoms with Gasteiger partial charge in [-0.15, -0.1) is 0 Å². The fourth-order valence-corrected chi connectivity index (χ4v) is 1.57. The average molecular weight is 289 g/mol. The van der Waals surface area contributed by atoms with Gasteiger partial charge in [0.15, 0.2) is 0 Å². The summed E-state index contributed by atoms with van der Waals surface area (Å²) in [5.41, 5.74) is -0.780. The van der Waals surface area contributed by atoms with Crippen LogP contribution in [0.3, 0.4) is 0 Å². The lowest BCUT2D eigenvalue weighted by molar-refractivity contribution is 0.0455. The summed E-state index contributed by atoms with van der Waals surface area (Å²) in [6.45, 7) is 7.95. The second-order valence-electron chi connectivity index (χ2n) is 4.66. The van der Waals surface area contributed by atoms with E-state index in [-0.39, 0.29) is 17.4 Å². The molecule has 1 heterocycles. The maximum absolute atomic E-state index is 10.2. The first-order chi connectivity index (χ1) is 8.88. The Morgan fingerprint density at radius 1 is 1.26 bits per heavy atom. The Kier molecular flexibility index (Phi) is 5.75. The largest absolute Gasteiger partial charge is 0.461 e. The molecule has 0 radical (unpaired) electrons. The van der Waals surface area contributed by atoms with E-state index in [1.165, 1.54) is 0 Å². The van der Waals surface area contributed by atoms with Crippen molar-refractivity contribution in [2.75, 3.05) is 11.9 Å². The van der Waals surface area contributed by atoms with Crippen molar-refractivity contribution in [1.82, 2.24) is 15.0 Å². The van der Waals surface area contributed by atoms with Crippen molar-refractivity contribution in [2.45, 2.75) is 52.2 Å². The van der Waals surface area contributed by atoms with Crippen molar-refractivity contribution >= 4 is 17.5 Å². The Bertz CT molecular complexity index is 411. The summed E-state index contributed by atoms with van der Waals surface area (Å²) in [5, 5.41) is 13.2. The lowest BCUT2D eigenvalue weighted by atomic mass is 9.98. The Balaban J connectivity index is 2.75. The van der Waals surface area contributed by atoms with E-state index in [2.05, 4.69) is 20.3 Å². The normalized spacial score (nSPS) is 11.7. The highest BCUT2D eigenvalue weighted by atomic mass is 35.5. The number of rotatable bonds is 7. The van der Waals surface area contributed by atoms with Crippen LogP contribution in [-0.4, -0.2) is 38.3 Å². The molecule has 0 saturated carbocycles. The predicted molar refractivity (Wildman–Crippen MR) is 74.6 cm³/mol. The minimum absolute atomic E-state index is 0.0467. The number of nitrogens with one attached hydrogen (secondary N) is 1. The first kappa shape index (κ1) is 15.9. The monoisotopic (exact) mass is 288 g/mol. The molecule has 0 aliphatic rings. The van der Waals surface area contributed by atoms with E-state index in [9.17, 15) is 5.11 Å². The van der Waals surface area contributed by atoms with Gasteiger partial charge in [0.25, 0.3) is 0 Å². The van der Waals surface area contributed by atoms with Crippen LogP contribution in [0.15, 0.2) is 0 Å². The predicted octanol–water partition coefficient (Wildman–Crippen LogP) is 2.28. The zero-order valence-electron chi connectivity index (χ0n) is 11.8. The zero-order valence-corrected chi connectivity index (χ0v) is 12.5. The molecule has 0 saturated heterocycles. The molecule has 6 nitrogen and oxygen atoms in total. The van der Waals surface area contributed by atoms with Crippen LogP contribution >= 0.6 is 11.6 Å². The maximum atomic E-state index is 10.2. The average Bonchev–Trinajstić information content (AvgIpc) is 2.34. The minimum atomic E-state index is -0.780. The molecule has 0 unspecified atom stereocenters. The molecule has 19 heavy (non-hydrogen) atoms. The number of ether oxygens (including phenoxy) is 1. The van der Waals surface area contributed by atoms with Crippen molar-refractivity contribution in [3.63, 3.8) is 0 Å². The molecule has 0 aromatic carbocycles. The smallest absolute Gasteiger partial charge is 0.322 e. The number of aromatic nitrogens is 3. The van der Waals surface area contributed by atoms with Crippen LogP contribution in [0.1, 0.15) is 40.5 Å². The third-order valence-corrected chi connectivity index (χ3v) is 2.99. The fraction of sp³-hybridized carbons (Fsp3) is 0.750. The summed E-state index contributed by atoms with van der Waals surface area (Å²) in [6, 6.07) is 0.175. The van der Waals surface area contributed by atoms with E-state index in [1.807, 2.05) is 27.7 Å². The van der Waals surface area contributed by atoms with Gasteiger partial charge in [0.2, 0.25) is 11.2 Å². The molecule has 1 aromatic rings. The van der Waals surface area contributed by atoms with Gasteiger partial charge in [-0.2, -0.15) is 15.0 Å². The third kappa shape index (κ3) is 5.16. The number of hydrogen-bond acceptors (Lipinski definition) is 6. The minimum Gasteiger partial charge on any atom is -0.461 e. The second-order valence-corrected chi connectivity index (χ2v) is 5.00. The summed E-state index contributed by atoms with van der Waals surface area (Å²) in [6.07, 6.45) is 1.24. The van der Waals surface area contributed by atoms with Gasteiger partial charge in [0.05, 0.1) is 11.7 Å². The highest BCUT2D eigenvalue weighted by Gasteiger charge is 2.22. The molecule has 0 spiro atoms. The van der Waals surface area contributed by atoms with Gasteiger partial charge >= 0.3 is 6.01 Å². The molecule has 1 aromatic heterocycles. The Hall–Kier alpha value is -1.14. The summed E-state index contributed by atoms with van der Waals surface area (Å²) < 4.78 is 5.37. The van der Waals surface area contributed by atoms with Crippen molar-refractivity contribution < 1.29 is 9.84 Å². The Labute approximate surface area is 118 Å². The van der Waals surface area contributed by atoms with Gasteiger partial charge in [-0.25, -0.2) is 0 Å². The molecule has 2 N–H and O–H groups in total. The van der Waals surface area contributed by atoms with E-state index in [0.29, 0.717) is 25.3 Å². The number of aliphatic hydroxyl groups is 1. The van der Waals surface area contributed by atoms with Crippen molar-refractivity contribution in [3.8, 4) is 6.01 Å². The third-order valence-electron chi connectivity index (χ3n) is 2.82. The highest BCUT2D eigenvalue weighted by Crippen LogP contribution is 2.17. The molecule has 0 amide bonds. The van der Waals surface area contributed by atoms with E-state index < -0.39 is 5.60 Å². The molecule has 0 bridgehead atoms. The fourth-order valence-electron chi connectivity index (χ4n) is 1.42. The number of hydrogen-bond donors (Lipinski definition) is 2. The van der Waals surface area contributed by atoms with Gasteiger partial charge in [0, 0.05) is 6.54 Å². The van der Waals surface area contributed by atoms with Crippen LogP contribution in [0, 0.1) is 0 Å². The van der Waals surface area contributed by atoms with Gasteiger partial charge < -0.3 is 15.2 Å². The Morgan fingerprint density at radius 2 is 1.89 bits per heavy atom. The van der Waals surface area contributed by atoms with Crippen molar-refractivity contribution in [2.24, 2.45) is 0 Å². The topological polar surface area (TPSA) is 80.2 Å². The van der Waals surface area contributed by atoms with E-state index in [0.717, 1.165) is 0 Å². The SMILES string of the molecule is CCC(O)(CC)CNc1nc(Cl)nc(OC(C)C)n1.